The van der Waals surface area contributed by atoms with Crippen molar-refractivity contribution in [2.24, 2.45) is 0 Å². The third kappa shape index (κ3) is 2.73. The van der Waals surface area contributed by atoms with Crippen LogP contribution in [-0.4, -0.2) is 0 Å². The predicted molar refractivity (Wildman–Crippen MR) is 59.6 cm³/mol. The van der Waals surface area contributed by atoms with E-state index in [0.717, 1.165) is 5.02 Å². The van der Waals surface area contributed by atoms with Crippen LogP contribution in [0.15, 0.2) is 18.2 Å². The van der Waals surface area contributed by atoms with Crippen molar-refractivity contribution in [2.45, 2.75) is 39.5 Å². The van der Waals surface area contributed by atoms with Gasteiger partial charge in [0.2, 0.25) is 0 Å². The minimum atomic E-state index is 0.552. The minimum absolute atomic E-state index is 0.552. The van der Waals surface area contributed by atoms with Gasteiger partial charge in [-0.25, -0.2) is 0 Å². The van der Waals surface area contributed by atoms with Crippen LogP contribution in [0.4, 0.5) is 0 Å². The Hall–Kier alpha value is -0.490. The highest BCUT2D eigenvalue weighted by atomic mass is 35.5. The maximum Gasteiger partial charge on any atom is 0.0411 e. The Bertz CT molecular complexity index is 261. The standard InChI is InChI=1S/C12H17Cl/c1-8(2)10-5-11(9(3)4)7-12(13)6-10/h5-9H,1-4H3. The van der Waals surface area contributed by atoms with Crippen LogP contribution in [-0.2, 0) is 0 Å². The zero-order valence-electron chi connectivity index (χ0n) is 8.76. The molecular weight excluding hydrogens is 180 g/mol. The summed E-state index contributed by atoms with van der Waals surface area (Å²) in [5.74, 6) is 1.10. The molecule has 0 atom stereocenters. The summed E-state index contributed by atoms with van der Waals surface area (Å²) in [6.07, 6.45) is 0. The Labute approximate surface area is 85.9 Å². The topological polar surface area (TPSA) is 0 Å². The van der Waals surface area contributed by atoms with E-state index < -0.39 is 0 Å². The zero-order valence-corrected chi connectivity index (χ0v) is 9.52. The third-order valence-corrected chi connectivity index (χ3v) is 2.49. The van der Waals surface area contributed by atoms with E-state index in [1.807, 2.05) is 0 Å². The summed E-state index contributed by atoms with van der Waals surface area (Å²) < 4.78 is 0. The summed E-state index contributed by atoms with van der Waals surface area (Å²) in [7, 11) is 0. The van der Waals surface area contributed by atoms with Gasteiger partial charge in [-0.15, -0.1) is 0 Å². The van der Waals surface area contributed by atoms with E-state index in [1.54, 1.807) is 0 Å². The zero-order chi connectivity index (χ0) is 10.0. The van der Waals surface area contributed by atoms with Crippen LogP contribution in [0.2, 0.25) is 5.02 Å². The fourth-order valence-corrected chi connectivity index (χ4v) is 1.55. The average molecular weight is 197 g/mol. The van der Waals surface area contributed by atoms with Crippen molar-refractivity contribution in [3.8, 4) is 0 Å². The molecule has 0 N–H and O–H groups in total. The molecule has 1 rings (SSSR count). The third-order valence-electron chi connectivity index (χ3n) is 2.28. The van der Waals surface area contributed by atoms with Crippen LogP contribution in [0.5, 0.6) is 0 Å². The number of benzene rings is 1. The number of rotatable bonds is 2. The summed E-state index contributed by atoms with van der Waals surface area (Å²) in [4.78, 5) is 0. The molecule has 1 heteroatoms. The second-order valence-corrected chi connectivity index (χ2v) is 4.56. The molecule has 0 aliphatic heterocycles. The number of hydrogen-bond acceptors (Lipinski definition) is 0. The summed E-state index contributed by atoms with van der Waals surface area (Å²) in [5.41, 5.74) is 2.66. The number of hydrogen-bond donors (Lipinski definition) is 0. The van der Waals surface area contributed by atoms with E-state index in [2.05, 4.69) is 45.9 Å². The lowest BCUT2D eigenvalue weighted by atomic mass is 9.96. The van der Waals surface area contributed by atoms with Crippen molar-refractivity contribution in [2.75, 3.05) is 0 Å². The first kappa shape index (κ1) is 10.6. The first-order valence-corrected chi connectivity index (χ1v) is 5.19. The van der Waals surface area contributed by atoms with Gasteiger partial charge in [-0.3, -0.25) is 0 Å². The molecule has 13 heavy (non-hydrogen) atoms. The molecule has 0 heterocycles. The molecule has 0 fully saturated rings. The lowest BCUT2D eigenvalue weighted by Crippen LogP contribution is -1.93. The lowest BCUT2D eigenvalue weighted by Gasteiger charge is -2.11. The van der Waals surface area contributed by atoms with Crippen LogP contribution in [0, 0.1) is 0 Å². The van der Waals surface area contributed by atoms with Crippen LogP contribution < -0.4 is 0 Å². The first-order valence-electron chi connectivity index (χ1n) is 4.81. The SMILES string of the molecule is CC(C)c1cc(Cl)cc(C(C)C)c1. The molecule has 0 saturated heterocycles. The first-order chi connectivity index (χ1) is 6.00. The highest BCUT2D eigenvalue weighted by molar-refractivity contribution is 6.30. The fraction of sp³-hybridized carbons (Fsp3) is 0.500. The molecular formula is C12H17Cl. The molecule has 0 aliphatic carbocycles. The lowest BCUT2D eigenvalue weighted by molar-refractivity contribution is 0.834. The van der Waals surface area contributed by atoms with Crippen LogP contribution in [0.3, 0.4) is 0 Å². The van der Waals surface area contributed by atoms with Gasteiger partial charge in [-0.2, -0.15) is 0 Å². The molecule has 0 nitrogen and oxygen atoms in total. The van der Waals surface area contributed by atoms with Gasteiger partial charge in [0.15, 0.2) is 0 Å². The van der Waals surface area contributed by atoms with Crippen molar-refractivity contribution >= 4 is 11.6 Å². The second-order valence-electron chi connectivity index (χ2n) is 4.13. The Kier molecular flexibility index (Phi) is 3.38. The van der Waals surface area contributed by atoms with E-state index >= 15 is 0 Å². The molecule has 0 aliphatic rings. The van der Waals surface area contributed by atoms with Gasteiger partial charge in [0.1, 0.15) is 0 Å². The van der Waals surface area contributed by atoms with Crippen molar-refractivity contribution in [3.63, 3.8) is 0 Å². The van der Waals surface area contributed by atoms with Crippen LogP contribution in [0.1, 0.15) is 50.7 Å². The summed E-state index contributed by atoms with van der Waals surface area (Å²) in [5, 5.41) is 0.856. The van der Waals surface area contributed by atoms with E-state index in [4.69, 9.17) is 11.6 Å². The molecule has 1 aromatic carbocycles. The van der Waals surface area contributed by atoms with Gasteiger partial charge in [0.05, 0.1) is 0 Å². The molecule has 0 amide bonds. The molecule has 1 aromatic rings. The largest absolute Gasteiger partial charge is 0.0843 e. The Morgan fingerprint density at radius 2 is 1.23 bits per heavy atom. The number of halogens is 1. The van der Waals surface area contributed by atoms with E-state index in [1.165, 1.54) is 11.1 Å². The smallest absolute Gasteiger partial charge is 0.0411 e. The van der Waals surface area contributed by atoms with Crippen molar-refractivity contribution in [1.29, 1.82) is 0 Å². The van der Waals surface area contributed by atoms with Crippen LogP contribution >= 0.6 is 11.6 Å². The van der Waals surface area contributed by atoms with Gasteiger partial charge in [0.25, 0.3) is 0 Å². The summed E-state index contributed by atoms with van der Waals surface area (Å²) >= 11 is 6.04. The van der Waals surface area contributed by atoms with Crippen molar-refractivity contribution in [1.82, 2.24) is 0 Å². The van der Waals surface area contributed by atoms with Gasteiger partial charge >= 0.3 is 0 Å². The summed E-state index contributed by atoms with van der Waals surface area (Å²) in [6, 6.07) is 6.36. The second kappa shape index (κ2) is 4.15. The Morgan fingerprint density at radius 1 is 0.846 bits per heavy atom. The molecule has 0 aromatic heterocycles. The Balaban J connectivity index is 3.11. The predicted octanol–water partition coefficient (Wildman–Crippen LogP) is 4.59. The highest BCUT2D eigenvalue weighted by Gasteiger charge is 2.05. The molecule has 0 spiro atoms. The molecule has 0 saturated carbocycles. The minimum Gasteiger partial charge on any atom is -0.0843 e. The maximum absolute atomic E-state index is 6.04. The van der Waals surface area contributed by atoms with E-state index in [9.17, 15) is 0 Å². The molecule has 72 valence electrons. The van der Waals surface area contributed by atoms with Gasteiger partial charge in [-0.05, 0) is 35.1 Å². The monoisotopic (exact) mass is 196 g/mol. The van der Waals surface area contributed by atoms with Crippen LogP contribution in [0.25, 0.3) is 0 Å². The highest BCUT2D eigenvalue weighted by Crippen LogP contribution is 2.25. The van der Waals surface area contributed by atoms with Gasteiger partial charge in [-0.1, -0.05) is 45.4 Å². The average Bonchev–Trinajstić information content (AvgIpc) is 2.03. The summed E-state index contributed by atoms with van der Waals surface area (Å²) in [6.45, 7) is 8.76. The van der Waals surface area contributed by atoms with Gasteiger partial charge < -0.3 is 0 Å². The normalized spacial score (nSPS) is 11.3. The van der Waals surface area contributed by atoms with Crippen molar-refractivity contribution < 1.29 is 0 Å². The van der Waals surface area contributed by atoms with Crippen molar-refractivity contribution in [3.05, 3.63) is 34.3 Å². The Morgan fingerprint density at radius 3 is 1.54 bits per heavy atom. The quantitative estimate of drug-likeness (QED) is 0.649. The molecule has 0 bridgehead atoms. The van der Waals surface area contributed by atoms with E-state index in [-0.39, 0.29) is 0 Å². The van der Waals surface area contributed by atoms with E-state index in [0.29, 0.717) is 11.8 Å². The maximum atomic E-state index is 6.04. The molecule has 0 unspecified atom stereocenters. The van der Waals surface area contributed by atoms with Gasteiger partial charge in [0, 0.05) is 5.02 Å². The molecule has 0 radical (unpaired) electrons. The fourth-order valence-electron chi connectivity index (χ4n) is 1.30.